The zero-order valence-corrected chi connectivity index (χ0v) is 67.4. The molecular weight excluding hydrogens is 1360 g/mol. The van der Waals surface area contributed by atoms with Crippen molar-refractivity contribution in [2.75, 3.05) is 26.4 Å². The number of unbranched alkanes of at least 4 members (excludes halogenated alkanes) is 47. The maximum Gasteiger partial charge on any atom is 0.220 e. The van der Waals surface area contributed by atoms with Crippen molar-refractivity contribution in [1.82, 2.24) is 5.32 Å². The predicted octanol–water partition coefficient (Wildman–Crippen LogP) is 16.2. The van der Waals surface area contributed by atoms with Crippen LogP contribution in [-0.4, -0.2) is 193 Å². The van der Waals surface area contributed by atoms with Crippen LogP contribution in [0.2, 0.25) is 0 Å². The smallest absolute Gasteiger partial charge is 0.220 e. The molecule has 0 aromatic rings. The number of aliphatic hydroxyl groups is 11. The average Bonchev–Trinajstić information content (AvgIpc) is 0.781. The molecule has 3 aliphatic rings. The van der Waals surface area contributed by atoms with Crippen molar-refractivity contribution < 1.29 is 89.4 Å². The van der Waals surface area contributed by atoms with E-state index >= 15 is 0 Å². The fourth-order valence-electron chi connectivity index (χ4n) is 14.7. The van der Waals surface area contributed by atoms with Gasteiger partial charge in [0, 0.05) is 6.42 Å². The van der Waals surface area contributed by atoms with Gasteiger partial charge in [0.05, 0.1) is 38.6 Å². The SMILES string of the molecule is CCCCCCC/C=C\C/C=C\CCCCCCCCCCCCCCCCCCCCCCCCCC(=O)NC(COC1OC(CO)C(OC2OC(CO)C(OC3OC(CO)C(O)C(O)C3O)C(O)C2O)C(O)C1O)C(O)/C=C/CC/C=C/CC/C=C/CCCCCCCCCCCCCCCCCCC. The van der Waals surface area contributed by atoms with Gasteiger partial charge in [-0.2, -0.15) is 0 Å². The van der Waals surface area contributed by atoms with E-state index in [1.54, 1.807) is 6.08 Å². The van der Waals surface area contributed by atoms with E-state index in [0.29, 0.717) is 12.8 Å². The topological polar surface area (TPSA) is 307 Å². The van der Waals surface area contributed by atoms with Crippen molar-refractivity contribution in [3.63, 3.8) is 0 Å². The van der Waals surface area contributed by atoms with Gasteiger partial charge >= 0.3 is 0 Å². The summed E-state index contributed by atoms with van der Waals surface area (Å²) in [5, 5.41) is 121. The number of nitrogens with one attached hydrogen (secondary N) is 1. The van der Waals surface area contributed by atoms with Crippen molar-refractivity contribution in [3.8, 4) is 0 Å². The molecule has 107 heavy (non-hydrogen) atoms. The van der Waals surface area contributed by atoms with Gasteiger partial charge in [0.25, 0.3) is 0 Å². The van der Waals surface area contributed by atoms with E-state index in [1.165, 1.54) is 276 Å². The summed E-state index contributed by atoms with van der Waals surface area (Å²) in [6, 6.07) is -0.999. The minimum atomic E-state index is -1.98. The van der Waals surface area contributed by atoms with Crippen LogP contribution in [0.4, 0.5) is 0 Å². The Labute approximate surface area is 649 Å². The highest BCUT2D eigenvalue weighted by Gasteiger charge is 2.54. The molecule has 17 atom stereocenters. The molecule has 0 bridgehead atoms. The molecule has 19 heteroatoms. The lowest BCUT2D eigenvalue weighted by Gasteiger charge is -2.48. The summed E-state index contributed by atoms with van der Waals surface area (Å²) in [5.41, 5.74) is 0. The standard InChI is InChI=1S/C88H161NO18/c1-3-5-7-9-11-13-15-17-19-21-23-25-27-29-31-32-33-34-35-36-37-38-40-42-44-46-48-50-52-54-56-58-60-62-64-66-76(94)89-71(72(93)65-63-61-59-57-55-53-51-49-47-45-43-41-39-30-28-26-24-22-20-18-16-14-12-10-8-6-4-2)70-102-86-82(100)79(97)84(74(68-91)104-86)107-88-83(101)80(98)85(75(69-92)105-88)106-87-81(99)78(96)77(95)73(67-90)103-87/h15,17,21,23,47,49,55,57,63,65,71-75,77-88,90-93,95-101H,3-14,16,18-20,22,24-46,48,50-54,56,58-62,64,66-70H2,1-2H3,(H,89,94)/b17-15-,23-21-,49-47+,57-55+,65-63+. The van der Waals surface area contributed by atoms with E-state index in [0.717, 1.165) is 51.4 Å². The molecule has 0 radical (unpaired) electrons. The van der Waals surface area contributed by atoms with Gasteiger partial charge in [-0.15, -0.1) is 0 Å². The molecule has 0 aliphatic carbocycles. The van der Waals surface area contributed by atoms with Crippen LogP contribution >= 0.6 is 0 Å². The second kappa shape index (κ2) is 67.9. The van der Waals surface area contributed by atoms with Crippen LogP contribution in [0, 0.1) is 0 Å². The van der Waals surface area contributed by atoms with Crippen molar-refractivity contribution in [3.05, 3.63) is 60.8 Å². The number of carbonyl (C=O) groups excluding carboxylic acids is 1. The number of carbonyl (C=O) groups is 1. The average molecular weight is 1520 g/mol. The van der Waals surface area contributed by atoms with Crippen molar-refractivity contribution >= 4 is 5.91 Å². The molecule has 12 N–H and O–H groups in total. The normalized spacial score (nSPS) is 25.8. The summed E-state index contributed by atoms with van der Waals surface area (Å²) in [6.45, 7) is 1.75. The second-order valence-corrected chi connectivity index (χ2v) is 31.3. The summed E-state index contributed by atoms with van der Waals surface area (Å²) in [4.78, 5) is 13.5. The van der Waals surface area contributed by atoms with Gasteiger partial charge in [-0.05, 0) is 77.0 Å². The second-order valence-electron chi connectivity index (χ2n) is 31.3. The highest BCUT2D eigenvalue weighted by Crippen LogP contribution is 2.33. The van der Waals surface area contributed by atoms with Crippen molar-refractivity contribution in [1.29, 1.82) is 0 Å². The number of ether oxygens (including phenoxy) is 6. The molecule has 1 amide bonds. The molecule has 17 unspecified atom stereocenters. The molecule has 0 spiro atoms. The molecule has 3 rings (SSSR count). The van der Waals surface area contributed by atoms with Crippen LogP contribution in [0.1, 0.15) is 361 Å². The van der Waals surface area contributed by atoms with Crippen LogP contribution in [-0.2, 0) is 33.2 Å². The van der Waals surface area contributed by atoms with Gasteiger partial charge in [-0.1, -0.05) is 338 Å². The maximum absolute atomic E-state index is 13.5. The third-order valence-electron chi connectivity index (χ3n) is 21.8. The Hall–Kier alpha value is -2.51. The maximum atomic E-state index is 13.5. The van der Waals surface area contributed by atoms with Crippen molar-refractivity contribution in [2.24, 2.45) is 0 Å². The number of allylic oxidation sites excluding steroid dienone is 9. The highest BCUT2D eigenvalue weighted by atomic mass is 16.8. The third-order valence-corrected chi connectivity index (χ3v) is 21.8. The monoisotopic (exact) mass is 1520 g/mol. The summed E-state index contributed by atoms with van der Waals surface area (Å²) in [6.07, 6.45) is 62.3. The first-order chi connectivity index (χ1) is 52.3. The Morgan fingerprint density at radius 1 is 0.336 bits per heavy atom. The molecule has 3 aliphatic heterocycles. The Morgan fingerprint density at radius 2 is 0.626 bits per heavy atom. The van der Waals surface area contributed by atoms with Crippen LogP contribution in [0.5, 0.6) is 0 Å². The van der Waals surface area contributed by atoms with Gasteiger partial charge in [-0.25, -0.2) is 0 Å². The Balaban J connectivity index is 1.34. The molecule has 3 saturated heterocycles. The van der Waals surface area contributed by atoms with E-state index in [1.807, 2.05) is 6.08 Å². The number of hydrogen-bond donors (Lipinski definition) is 12. The van der Waals surface area contributed by atoms with E-state index < -0.39 is 124 Å². The molecule has 3 fully saturated rings. The molecule has 626 valence electrons. The number of hydrogen-bond acceptors (Lipinski definition) is 18. The minimum absolute atomic E-state index is 0.234. The van der Waals surface area contributed by atoms with E-state index in [-0.39, 0.29) is 18.9 Å². The zero-order valence-electron chi connectivity index (χ0n) is 67.4. The highest BCUT2D eigenvalue weighted by molar-refractivity contribution is 5.76. The largest absolute Gasteiger partial charge is 0.394 e. The molecule has 0 aromatic carbocycles. The van der Waals surface area contributed by atoms with Crippen LogP contribution < -0.4 is 5.32 Å². The number of aliphatic hydroxyl groups excluding tert-OH is 11. The van der Waals surface area contributed by atoms with Gasteiger partial charge in [0.1, 0.15) is 73.2 Å². The fourth-order valence-corrected chi connectivity index (χ4v) is 14.7. The number of rotatable bonds is 71. The summed E-state index contributed by atoms with van der Waals surface area (Å²) >= 11 is 0. The molecule has 3 heterocycles. The molecular formula is C88H161NO18. The van der Waals surface area contributed by atoms with Crippen molar-refractivity contribution in [2.45, 2.75) is 465 Å². The lowest BCUT2D eigenvalue weighted by atomic mass is 9.96. The Kier molecular flexibility index (Phi) is 62.7. The molecule has 0 saturated carbocycles. The lowest BCUT2D eigenvalue weighted by molar-refractivity contribution is -0.379. The third kappa shape index (κ3) is 47.1. The first-order valence-corrected chi connectivity index (χ1v) is 44.0. The first kappa shape index (κ1) is 98.7. The van der Waals surface area contributed by atoms with Gasteiger partial charge in [0.15, 0.2) is 18.9 Å². The lowest BCUT2D eigenvalue weighted by Crippen LogP contribution is -2.66. The first-order valence-electron chi connectivity index (χ1n) is 44.0. The van der Waals surface area contributed by atoms with Crippen LogP contribution in [0.15, 0.2) is 60.8 Å². The molecule has 0 aromatic heterocycles. The van der Waals surface area contributed by atoms with E-state index in [4.69, 9.17) is 28.4 Å². The fraction of sp³-hybridized carbons (Fsp3) is 0.875. The van der Waals surface area contributed by atoms with E-state index in [9.17, 15) is 61.0 Å². The molecule has 19 nitrogen and oxygen atoms in total. The predicted molar refractivity (Wildman–Crippen MR) is 429 cm³/mol. The summed E-state index contributed by atoms with van der Waals surface area (Å²) in [5.74, 6) is -0.284. The Bertz CT molecular complexity index is 2160. The van der Waals surface area contributed by atoms with Crippen LogP contribution in [0.3, 0.4) is 0 Å². The summed E-state index contributed by atoms with van der Waals surface area (Å²) < 4.78 is 34.5. The Morgan fingerprint density at radius 3 is 0.991 bits per heavy atom. The van der Waals surface area contributed by atoms with E-state index in [2.05, 4.69) is 67.8 Å². The van der Waals surface area contributed by atoms with Gasteiger partial charge < -0.3 is 89.9 Å². The zero-order chi connectivity index (χ0) is 77.4. The van der Waals surface area contributed by atoms with Gasteiger partial charge in [0.2, 0.25) is 5.91 Å². The van der Waals surface area contributed by atoms with Gasteiger partial charge in [-0.3, -0.25) is 4.79 Å². The minimum Gasteiger partial charge on any atom is -0.394 e. The number of amides is 1. The van der Waals surface area contributed by atoms with Crippen LogP contribution in [0.25, 0.3) is 0 Å². The quantitative estimate of drug-likeness (QED) is 0.0199. The summed E-state index contributed by atoms with van der Waals surface area (Å²) in [7, 11) is 0.